The normalized spacial score (nSPS) is 23.3. The zero-order valence-corrected chi connectivity index (χ0v) is 19.6. The van der Waals surface area contributed by atoms with Crippen molar-refractivity contribution in [3.8, 4) is 5.75 Å². The van der Waals surface area contributed by atoms with E-state index in [2.05, 4.69) is 23.7 Å². The lowest BCUT2D eigenvalue weighted by atomic mass is 9.97. The molecule has 1 amide bonds. The van der Waals surface area contributed by atoms with Crippen LogP contribution in [0.2, 0.25) is 0 Å². The number of nitrogens with zero attached hydrogens (tertiary/aromatic N) is 3. The predicted octanol–water partition coefficient (Wildman–Crippen LogP) is 3.73. The molecule has 0 saturated carbocycles. The van der Waals surface area contributed by atoms with Crippen LogP contribution in [0.25, 0.3) is 0 Å². The summed E-state index contributed by atoms with van der Waals surface area (Å²) in [7, 11) is 0. The van der Waals surface area contributed by atoms with Crippen molar-refractivity contribution in [1.82, 2.24) is 9.88 Å². The number of amidine groups is 1. The van der Waals surface area contributed by atoms with Gasteiger partial charge in [0.05, 0.1) is 18.3 Å². The zero-order chi connectivity index (χ0) is 23.4. The molecule has 8 heteroatoms. The third kappa shape index (κ3) is 5.38. The lowest BCUT2D eigenvalue weighted by molar-refractivity contribution is -0.126. The van der Waals surface area contributed by atoms with Crippen molar-refractivity contribution < 1.29 is 13.9 Å². The molecule has 3 atom stereocenters. The van der Waals surface area contributed by atoms with Gasteiger partial charge in [-0.15, -0.1) is 0 Å². The van der Waals surface area contributed by atoms with Crippen LogP contribution >= 0.6 is 0 Å². The maximum atomic E-state index is 13.3. The van der Waals surface area contributed by atoms with E-state index in [0.29, 0.717) is 30.3 Å². The fraction of sp³-hybridized carbons (Fsp3) is 0.560. The van der Waals surface area contributed by atoms with Crippen molar-refractivity contribution in [2.45, 2.75) is 77.0 Å². The number of aromatic nitrogens is 1. The Bertz CT molecular complexity index is 964. The number of oxazole rings is 1. The summed E-state index contributed by atoms with van der Waals surface area (Å²) in [4.78, 5) is 21.9. The minimum atomic E-state index is -0.714. The average Bonchev–Trinajstić information content (AvgIpc) is 3.26. The van der Waals surface area contributed by atoms with E-state index in [4.69, 9.17) is 20.3 Å². The number of ether oxygens (including phenoxy) is 1. The minimum absolute atomic E-state index is 0.0884. The van der Waals surface area contributed by atoms with E-state index in [9.17, 15) is 4.79 Å². The lowest BCUT2D eigenvalue weighted by Crippen LogP contribution is -2.47. The van der Waals surface area contributed by atoms with Gasteiger partial charge in [0.1, 0.15) is 5.75 Å². The lowest BCUT2D eigenvalue weighted by Gasteiger charge is -2.39. The summed E-state index contributed by atoms with van der Waals surface area (Å²) < 4.78 is 11.5. The van der Waals surface area contributed by atoms with E-state index in [0.717, 1.165) is 31.5 Å². The summed E-state index contributed by atoms with van der Waals surface area (Å²) in [6, 6.07) is 8.98. The largest absolute Gasteiger partial charge is 0.478 e. The fourth-order valence-electron chi connectivity index (χ4n) is 4.98. The van der Waals surface area contributed by atoms with Gasteiger partial charge in [-0.25, -0.2) is 4.98 Å². The van der Waals surface area contributed by atoms with E-state index in [1.165, 1.54) is 25.5 Å². The summed E-state index contributed by atoms with van der Waals surface area (Å²) in [6.45, 7) is 6.46. The molecule has 178 valence electrons. The molecule has 3 N–H and O–H groups in total. The molecular formula is C25H35N5O3. The Kier molecular flexibility index (Phi) is 7.33. The standard InChI is InChI=1S/C25H35N5O3/c1-17-9-8-10-18(2)29(17)13-6-3-7-14-30-19-11-4-5-12-20(19)32-21(25(30)31)15-23-28-16-22(33-23)24(26)27/h4-5,11-12,16-18,21H,3,6-10,13-15H2,1-2H3,(H3,26,27)/t17-,18+,21?. The molecule has 3 heterocycles. The maximum absolute atomic E-state index is 13.3. The third-order valence-electron chi connectivity index (χ3n) is 6.82. The summed E-state index contributed by atoms with van der Waals surface area (Å²) in [6.07, 6.45) is 7.97. The van der Waals surface area contributed by atoms with Gasteiger partial charge in [-0.3, -0.25) is 15.1 Å². The molecule has 1 unspecified atom stereocenters. The topological polar surface area (TPSA) is 109 Å². The molecule has 0 aliphatic carbocycles. The van der Waals surface area contributed by atoms with Gasteiger partial charge in [0, 0.05) is 18.6 Å². The summed E-state index contributed by atoms with van der Waals surface area (Å²) in [5.41, 5.74) is 6.27. The van der Waals surface area contributed by atoms with Crippen LogP contribution in [-0.4, -0.2) is 52.9 Å². The molecule has 1 fully saturated rings. The van der Waals surface area contributed by atoms with Crippen LogP contribution in [0.3, 0.4) is 0 Å². The number of carbonyl (C=O) groups is 1. The number of piperidine rings is 1. The van der Waals surface area contributed by atoms with Crippen LogP contribution in [0.15, 0.2) is 34.9 Å². The molecule has 33 heavy (non-hydrogen) atoms. The van der Waals surface area contributed by atoms with Crippen LogP contribution in [0.5, 0.6) is 5.75 Å². The number of hydrogen-bond acceptors (Lipinski definition) is 6. The van der Waals surface area contributed by atoms with Gasteiger partial charge in [-0.05, 0) is 58.2 Å². The number of carbonyl (C=O) groups excluding carboxylic acids is 1. The third-order valence-corrected chi connectivity index (χ3v) is 6.82. The van der Waals surface area contributed by atoms with Crippen LogP contribution < -0.4 is 15.4 Å². The van der Waals surface area contributed by atoms with Crippen molar-refractivity contribution >= 4 is 17.4 Å². The SMILES string of the molecule is C[C@@H]1CCC[C@H](C)N1CCCCCN1C(=O)C(Cc2ncc(C(=N)N)o2)Oc2ccccc21. The van der Waals surface area contributed by atoms with Crippen molar-refractivity contribution in [2.75, 3.05) is 18.0 Å². The van der Waals surface area contributed by atoms with Crippen molar-refractivity contribution in [3.63, 3.8) is 0 Å². The first kappa shape index (κ1) is 23.3. The van der Waals surface area contributed by atoms with Crippen LogP contribution in [0.4, 0.5) is 5.69 Å². The number of para-hydroxylation sites is 2. The van der Waals surface area contributed by atoms with E-state index in [1.807, 2.05) is 29.2 Å². The second-order valence-electron chi connectivity index (χ2n) is 9.23. The Morgan fingerprint density at radius 1 is 1.15 bits per heavy atom. The maximum Gasteiger partial charge on any atom is 0.268 e. The molecule has 0 radical (unpaired) electrons. The average molecular weight is 454 g/mol. The van der Waals surface area contributed by atoms with E-state index >= 15 is 0 Å². The van der Waals surface area contributed by atoms with Crippen molar-refractivity contribution in [2.24, 2.45) is 5.73 Å². The van der Waals surface area contributed by atoms with E-state index < -0.39 is 6.10 Å². The Balaban J connectivity index is 1.35. The second-order valence-corrected chi connectivity index (χ2v) is 9.23. The van der Waals surface area contributed by atoms with Crippen molar-refractivity contribution in [3.05, 3.63) is 42.1 Å². The molecule has 2 aliphatic heterocycles. The zero-order valence-electron chi connectivity index (χ0n) is 19.6. The van der Waals surface area contributed by atoms with Gasteiger partial charge in [0.2, 0.25) is 0 Å². The quantitative estimate of drug-likeness (QED) is 0.340. The highest BCUT2D eigenvalue weighted by molar-refractivity contribution is 6.00. The van der Waals surface area contributed by atoms with Gasteiger partial charge >= 0.3 is 0 Å². The first-order valence-corrected chi connectivity index (χ1v) is 12.1. The highest BCUT2D eigenvalue weighted by atomic mass is 16.5. The number of nitrogen functional groups attached to an aromatic ring is 1. The number of nitrogens with one attached hydrogen (secondary N) is 1. The molecule has 2 aromatic rings. The fourth-order valence-corrected chi connectivity index (χ4v) is 4.98. The van der Waals surface area contributed by atoms with E-state index in [1.54, 1.807) is 0 Å². The number of hydrogen-bond donors (Lipinski definition) is 2. The number of anilines is 1. The molecule has 1 aromatic heterocycles. The van der Waals surface area contributed by atoms with Crippen molar-refractivity contribution in [1.29, 1.82) is 5.41 Å². The van der Waals surface area contributed by atoms with Crippen LogP contribution in [-0.2, 0) is 11.2 Å². The first-order valence-electron chi connectivity index (χ1n) is 12.1. The molecule has 1 aromatic carbocycles. The number of unbranched alkanes of at least 4 members (excludes halogenated alkanes) is 2. The van der Waals surface area contributed by atoms with Gasteiger partial charge in [-0.2, -0.15) is 0 Å². The number of amides is 1. The second kappa shape index (κ2) is 10.4. The summed E-state index contributed by atoms with van der Waals surface area (Å²) >= 11 is 0. The molecule has 4 rings (SSSR count). The van der Waals surface area contributed by atoms with Crippen LogP contribution in [0.1, 0.15) is 64.0 Å². The minimum Gasteiger partial charge on any atom is -0.478 e. The first-order chi connectivity index (χ1) is 15.9. The number of rotatable bonds is 9. The predicted molar refractivity (Wildman–Crippen MR) is 128 cm³/mol. The number of fused-ring (bicyclic) bond motifs is 1. The summed E-state index contributed by atoms with van der Waals surface area (Å²) in [5.74, 6) is 0.946. The van der Waals surface area contributed by atoms with Gasteiger partial charge in [0.25, 0.3) is 5.91 Å². The molecule has 2 aliphatic rings. The smallest absolute Gasteiger partial charge is 0.268 e. The van der Waals surface area contributed by atoms with Crippen LogP contribution in [0, 0.1) is 5.41 Å². The Morgan fingerprint density at radius 3 is 2.61 bits per heavy atom. The number of benzene rings is 1. The monoisotopic (exact) mass is 453 g/mol. The van der Waals surface area contributed by atoms with E-state index in [-0.39, 0.29) is 23.9 Å². The molecular weight excluding hydrogens is 418 g/mol. The number of likely N-dealkylation sites (tertiary alicyclic amines) is 1. The highest BCUT2D eigenvalue weighted by Crippen LogP contribution is 2.34. The summed E-state index contributed by atoms with van der Waals surface area (Å²) in [5, 5.41) is 7.47. The van der Waals surface area contributed by atoms with Gasteiger partial charge in [-0.1, -0.05) is 25.0 Å². The van der Waals surface area contributed by atoms with Gasteiger partial charge < -0.3 is 19.8 Å². The molecule has 8 nitrogen and oxygen atoms in total. The Hall–Kier alpha value is -2.87. The number of nitrogens with two attached hydrogens (primary N) is 1. The Labute approximate surface area is 195 Å². The highest BCUT2D eigenvalue weighted by Gasteiger charge is 2.35. The molecule has 0 spiro atoms. The molecule has 1 saturated heterocycles. The Morgan fingerprint density at radius 2 is 1.88 bits per heavy atom. The van der Waals surface area contributed by atoms with Gasteiger partial charge in [0.15, 0.2) is 23.6 Å². The molecule has 0 bridgehead atoms.